The highest BCUT2D eigenvalue weighted by Gasteiger charge is 2.35. The fourth-order valence-electron chi connectivity index (χ4n) is 4.22. The molecule has 0 aromatic heterocycles. The van der Waals surface area contributed by atoms with Crippen LogP contribution in [-0.4, -0.2) is 36.6 Å². The van der Waals surface area contributed by atoms with Crippen LogP contribution in [0.15, 0.2) is 0 Å². The van der Waals surface area contributed by atoms with Gasteiger partial charge < -0.3 is 14.6 Å². The molecule has 110 valence electrons. The summed E-state index contributed by atoms with van der Waals surface area (Å²) in [5.74, 6) is 0.923. The summed E-state index contributed by atoms with van der Waals surface area (Å²) < 4.78 is 11.5. The lowest BCUT2D eigenvalue weighted by atomic mass is 9.74. The molecule has 0 bridgehead atoms. The highest BCUT2D eigenvalue weighted by Crippen LogP contribution is 2.37. The van der Waals surface area contributed by atoms with E-state index >= 15 is 0 Å². The minimum absolute atomic E-state index is 0.123. The van der Waals surface area contributed by atoms with E-state index in [1.807, 2.05) is 0 Å². The first-order valence-corrected chi connectivity index (χ1v) is 8.24. The van der Waals surface area contributed by atoms with Crippen LogP contribution in [0.3, 0.4) is 0 Å². The molecule has 3 heteroatoms. The highest BCUT2D eigenvalue weighted by atomic mass is 16.5. The molecular weight excluding hydrogens is 240 g/mol. The predicted molar refractivity (Wildman–Crippen MR) is 74.0 cm³/mol. The molecular formula is C16H28O3. The van der Waals surface area contributed by atoms with E-state index in [0.717, 1.165) is 26.1 Å². The summed E-state index contributed by atoms with van der Waals surface area (Å²) in [5.41, 5.74) is 0. The van der Waals surface area contributed by atoms with Gasteiger partial charge in [0.25, 0.3) is 0 Å². The Morgan fingerprint density at radius 2 is 1.26 bits per heavy atom. The van der Waals surface area contributed by atoms with Gasteiger partial charge in [-0.1, -0.05) is 6.42 Å². The minimum Gasteiger partial charge on any atom is -0.393 e. The lowest BCUT2D eigenvalue weighted by molar-refractivity contribution is -0.0301. The van der Waals surface area contributed by atoms with Crippen molar-refractivity contribution < 1.29 is 14.6 Å². The summed E-state index contributed by atoms with van der Waals surface area (Å²) in [7, 11) is 0. The van der Waals surface area contributed by atoms with Crippen molar-refractivity contribution in [3.63, 3.8) is 0 Å². The van der Waals surface area contributed by atoms with Crippen LogP contribution in [0.1, 0.15) is 57.8 Å². The van der Waals surface area contributed by atoms with Gasteiger partial charge >= 0.3 is 0 Å². The van der Waals surface area contributed by atoms with Gasteiger partial charge in [0.1, 0.15) is 0 Å². The highest BCUT2D eigenvalue weighted by molar-refractivity contribution is 4.86. The molecule has 5 atom stereocenters. The van der Waals surface area contributed by atoms with Crippen molar-refractivity contribution in [2.45, 2.75) is 76.1 Å². The fraction of sp³-hybridized carbons (Fsp3) is 1.00. The second-order valence-corrected chi connectivity index (χ2v) is 6.68. The molecule has 0 aromatic rings. The smallest absolute Gasteiger partial charge is 0.0598 e. The number of rotatable bonds is 4. The van der Waals surface area contributed by atoms with Crippen molar-refractivity contribution in [1.29, 1.82) is 0 Å². The molecule has 1 saturated carbocycles. The number of ether oxygens (including phenoxy) is 2. The Kier molecular flexibility index (Phi) is 4.78. The third-order valence-electron chi connectivity index (χ3n) is 5.30. The summed E-state index contributed by atoms with van der Waals surface area (Å²) in [6.07, 6.45) is 11.3. The maximum absolute atomic E-state index is 10.6. The van der Waals surface area contributed by atoms with Crippen molar-refractivity contribution in [2.24, 2.45) is 11.8 Å². The maximum atomic E-state index is 10.6. The normalized spacial score (nSPS) is 43.7. The van der Waals surface area contributed by atoms with Gasteiger partial charge in [-0.25, -0.2) is 0 Å². The van der Waals surface area contributed by atoms with Gasteiger partial charge in [0, 0.05) is 13.2 Å². The van der Waals surface area contributed by atoms with Crippen molar-refractivity contribution in [3.8, 4) is 0 Å². The van der Waals surface area contributed by atoms with Crippen LogP contribution < -0.4 is 0 Å². The molecule has 3 nitrogen and oxygen atoms in total. The first-order chi connectivity index (χ1) is 9.33. The Bertz CT molecular complexity index is 243. The van der Waals surface area contributed by atoms with Gasteiger partial charge in [-0.15, -0.1) is 0 Å². The van der Waals surface area contributed by atoms with E-state index in [0.29, 0.717) is 24.0 Å². The van der Waals surface area contributed by atoms with E-state index in [-0.39, 0.29) is 6.10 Å². The summed E-state index contributed by atoms with van der Waals surface area (Å²) in [6.45, 7) is 1.85. The van der Waals surface area contributed by atoms with Gasteiger partial charge in [0.05, 0.1) is 18.3 Å². The Morgan fingerprint density at radius 1 is 0.737 bits per heavy atom. The van der Waals surface area contributed by atoms with Crippen LogP contribution >= 0.6 is 0 Å². The Balaban J connectivity index is 1.50. The summed E-state index contributed by atoms with van der Waals surface area (Å²) >= 11 is 0. The zero-order valence-corrected chi connectivity index (χ0v) is 11.9. The predicted octanol–water partition coefficient (Wildman–Crippen LogP) is 2.90. The molecule has 3 fully saturated rings. The van der Waals surface area contributed by atoms with Crippen LogP contribution in [0, 0.1) is 11.8 Å². The molecule has 1 N–H and O–H groups in total. The Labute approximate surface area is 116 Å². The SMILES string of the molecule is OC1[C@H](C[C@H]2CCCO2)CCC[C@H]1C[C@@H]1CCCO1. The van der Waals surface area contributed by atoms with E-state index < -0.39 is 0 Å². The molecule has 1 unspecified atom stereocenters. The summed E-state index contributed by atoms with van der Waals surface area (Å²) in [5, 5.41) is 10.6. The number of aliphatic hydroxyl groups is 1. The van der Waals surface area contributed by atoms with Crippen molar-refractivity contribution >= 4 is 0 Å². The van der Waals surface area contributed by atoms with Crippen LogP contribution in [0.25, 0.3) is 0 Å². The quantitative estimate of drug-likeness (QED) is 0.852. The molecule has 2 aliphatic heterocycles. The number of hydrogen-bond acceptors (Lipinski definition) is 3. The van der Waals surface area contributed by atoms with Gasteiger partial charge in [0.15, 0.2) is 0 Å². The molecule has 0 spiro atoms. The first kappa shape index (κ1) is 13.8. The molecule has 2 heterocycles. The molecule has 3 aliphatic rings. The molecule has 1 aliphatic carbocycles. The molecule has 2 saturated heterocycles. The monoisotopic (exact) mass is 268 g/mol. The molecule has 19 heavy (non-hydrogen) atoms. The zero-order chi connectivity index (χ0) is 13.1. The lowest BCUT2D eigenvalue weighted by Crippen LogP contribution is -2.37. The first-order valence-electron chi connectivity index (χ1n) is 8.24. The van der Waals surface area contributed by atoms with Crippen molar-refractivity contribution in [3.05, 3.63) is 0 Å². The van der Waals surface area contributed by atoms with Gasteiger partial charge in [-0.05, 0) is 63.2 Å². The molecule has 3 rings (SSSR count). The largest absolute Gasteiger partial charge is 0.393 e. The topological polar surface area (TPSA) is 38.7 Å². The van der Waals surface area contributed by atoms with E-state index in [1.165, 1.54) is 44.9 Å². The van der Waals surface area contributed by atoms with Crippen LogP contribution in [0.4, 0.5) is 0 Å². The maximum Gasteiger partial charge on any atom is 0.0598 e. The number of aliphatic hydroxyl groups excluding tert-OH is 1. The second kappa shape index (κ2) is 6.55. The lowest BCUT2D eigenvalue weighted by Gasteiger charge is -2.37. The third kappa shape index (κ3) is 3.50. The summed E-state index contributed by atoms with van der Waals surface area (Å²) in [4.78, 5) is 0. The van der Waals surface area contributed by atoms with Crippen LogP contribution in [0.5, 0.6) is 0 Å². The molecule has 0 amide bonds. The van der Waals surface area contributed by atoms with Crippen molar-refractivity contribution in [2.75, 3.05) is 13.2 Å². The van der Waals surface area contributed by atoms with Gasteiger partial charge in [0.2, 0.25) is 0 Å². The average molecular weight is 268 g/mol. The van der Waals surface area contributed by atoms with Crippen molar-refractivity contribution in [1.82, 2.24) is 0 Å². The minimum atomic E-state index is -0.123. The van der Waals surface area contributed by atoms with Crippen LogP contribution in [-0.2, 0) is 9.47 Å². The van der Waals surface area contributed by atoms with Gasteiger partial charge in [-0.2, -0.15) is 0 Å². The van der Waals surface area contributed by atoms with E-state index in [1.54, 1.807) is 0 Å². The van der Waals surface area contributed by atoms with Gasteiger partial charge in [-0.3, -0.25) is 0 Å². The zero-order valence-electron chi connectivity index (χ0n) is 11.9. The second-order valence-electron chi connectivity index (χ2n) is 6.68. The Morgan fingerprint density at radius 3 is 1.68 bits per heavy atom. The van der Waals surface area contributed by atoms with E-state index in [9.17, 15) is 5.11 Å². The summed E-state index contributed by atoms with van der Waals surface area (Å²) in [6, 6.07) is 0. The standard InChI is InChI=1S/C16H28O3/c17-16-12(10-14-6-2-8-18-14)4-1-5-13(16)11-15-7-3-9-19-15/h12-17H,1-11H2/t12-,13-,14-,15+,16?/m0/s1. The average Bonchev–Trinajstić information content (AvgIpc) is 3.07. The van der Waals surface area contributed by atoms with E-state index in [2.05, 4.69) is 0 Å². The molecule has 0 aromatic carbocycles. The fourth-order valence-corrected chi connectivity index (χ4v) is 4.22. The Hall–Kier alpha value is -0.120. The molecule has 0 radical (unpaired) electrons. The third-order valence-corrected chi connectivity index (χ3v) is 5.30. The van der Waals surface area contributed by atoms with Crippen LogP contribution in [0.2, 0.25) is 0 Å². The number of hydrogen-bond donors (Lipinski definition) is 1. The van der Waals surface area contributed by atoms with E-state index in [4.69, 9.17) is 9.47 Å².